The van der Waals surface area contributed by atoms with E-state index in [0.29, 0.717) is 12.3 Å². The van der Waals surface area contributed by atoms with Crippen LogP contribution in [0.2, 0.25) is 0 Å². The zero-order valence-electron chi connectivity index (χ0n) is 11.1. The van der Waals surface area contributed by atoms with Crippen LogP contribution in [0.15, 0.2) is 24.3 Å². The largest absolute Gasteiger partial charge is 0.491 e. The third kappa shape index (κ3) is 4.68. The van der Waals surface area contributed by atoms with Gasteiger partial charge in [0, 0.05) is 32.5 Å². The Bertz CT molecular complexity index is 415. The number of likely N-dealkylation sites (tertiary alicyclic amines) is 1. The Morgan fingerprint density at radius 3 is 2.40 bits per heavy atom. The van der Waals surface area contributed by atoms with Gasteiger partial charge in [-0.3, -0.25) is 0 Å². The minimum atomic E-state index is -2.58. The van der Waals surface area contributed by atoms with Crippen molar-refractivity contribution in [3.05, 3.63) is 30.1 Å². The minimum Gasteiger partial charge on any atom is -0.491 e. The normalized spacial score (nSPS) is 20.6. The van der Waals surface area contributed by atoms with Crippen LogP contribution in [-0.2, 0) is 0 Å². The highest BCUT2D eigenvalue weighted by Crippen LogP contribution is 2.27. The lowest BCUT2D eigenvalue weighted by atomic mass is 10.1. The van der Waals surface area contributed by atoms with E-state index in [1.165, 1.54) is 24.3 Å². The van der Waals surface area contributed by atoms with Gasteiger partial charge in [-0.05, 0) is 24.3 Å². The Balaban J connectivity index is 1.70. The summed E-state index contributed by atoms with van der Waals surface area (Å²) in [4.78, 5) is 1.80. The van der Waals surface area contributed by atoms with Crippen LogP contribution < -0.4 is 4.74 Å². The average molecular weight is 289 g/mol. The van der Waals surface area contributed by atoms with Crippen molar-refractivity contribution in [2.45, 2.75) is 24.9 Å². The molecule has 1 aliphatic heterocycles. The summed E-state index contributed by atoms with van der Waals surface area (Å²) in [5.41, 5.74) is 0. The molecule has 1 saturated heterocycles. The van der Waals surface area contributed by atoms with Gasteiger partial charge in [0.25, 0.3) is 5.92 Å². The number of ether oxygens (including phenoxy) is 1. The van der Waals surface area contributed by atoms with Crippen LogP contribution in [0.4, 0.5) is 13.2 Å². The average Bonchev–Trinajstić information content (AvgIpc) is 2.41. The van der Waals surface area contributed by atoms with Gasteiger partial charge in [-0.2, -0.15) is 0 Å². The van der Waals surface area contributed by atoms with Crippen molar-refractivity contribution >= 4 is 0 Å². The van der Waals surface area contributed by atoms with E-state index in [1.807, 2.05) is 0 Å². The van der Waals surface area contributed by atoms with Crippen molar-refractivity contribution in [1.82, 2.24) is 4.90 Å². The molecule has 6 heteroatoms. The summed E-state index contributed by atoms with van der Waals surface area (Å²) in [7, 11) is 0. The molecular formula is C14H18F3NO2. The standard InChI is InChI=1S/C14H18F3NO2/c15-11-1-3-13(4-2-11)20-10-12(19)9-18-7-5-14(16,17)6-8-18/h1-4,12,19H,5-10H2. The molecule has 3 nitrogen and oxygen atoms in total. The van der Waals surface area contributed by atoms with E-state index in [0.717, 1.165) is 0 Å². The Morgan fingerprint density at radius 2 is 1.80 bits per heavy atom. The van der Waals surface area contributed by atoms with Gasteiger partial charge in [0.1, 0.15) is 24.3 Å². The summed E-state index contributed by atoms with van der Waals surface area (Å²) in [5, 5.41) is 9.82. The summed E-state index contributed by atoms with van der Waals surface area (Å²) >= 11 is 0. The quantitative estimate of drug-likeness (QED) is 0.903. The first-order valence-electron chi connectivity index (χ1n) is 6.61. The predicted octanol–water partition coefficient (Wildman–Crippen LogP) is 2.30. The Morgan fingerprint density at radius 1 is 1.20 bits per heavy atom. The van der Waals surface area contributed by atoms with E-state index in [-0.39, 0.29) is 38.4 Å². The zero-order valence-corrected chi connectivity index (χ0v) is 11.1. The van der Waals surface area contributed by atoms with Crippen LogP contribution in [0, 0.1) is 5.82 Å². The van der Waals surface area contributed by atoms with Crippen molar-refractivity contribution in [3.8, 4) is 5.75 Å². The van der Waals surface area contributed by atoms with E-state index in [1.54, 1.807) is 4.90 Å². The number of alkyl halides is 2. The third-order valence-corrected chi connectivity index (χ3v) is 3.31. The summed E-state index contributed by atoms with van der Waals surface area (Å²) in [6, 6.07) is 5.50. The van der Waals surface area contributed by atoms with Crippen molar-refractivity contribution in [2.75, 3.05) is 26.2 Å². The minimum absolute atomic E-state index is 0.0541. The molecule has 1 aromatic rings. The number of aliphatic hydroxyl groups excluding tert-OH is 1. The van der Waals surface area contributed by atoms with E-state index in [9.17, 15) is 18.3 Å². The maximum Gasteiger partial charge on any atom is 0.250 e. The fourth-order valence-electron chi connectivity index (χ4n) is 2.14. The van der Waals surface area contributed by atoms with Gasteiger partial charge in [0.2, 0.25) is 0 Å². The molecule has 0 bridgehead atoms. The molecule has 1 N–H and O–H groups in total. The fraction of sp³-hybridized carbons (Fsp3) is 0.571. The Labute approximate surface area is 116 Å². The molecule has 0 saturated carbocycles. The van der Waals surface area contributed by atoms with Crippen LogP contribution in [0.25, 0.3) is 0 Å². The fourth-order valence-corrected chi connectivity index (χ4v) is 2.14. The first-order chi connectivity index (χ1) is 9.44. The van der Waals surface area contributed by atoms with E-state index in [4.69, 9.17) is 4.74 Å². The second kappa shape index (κ2) is 6.45. The van der Waals surface area contributed by atoms with E-state index in [2.05, 4.69) is 0 Å². The number of hydrogen-bond donors (Lipinski definition) is 1. The number of β-amino-alcohol motifs (C(OH)–C–C–N with tert-alkyl or cyclic N) is 1. The van der Waals surface area contributed by atoms with Gasteiger partial charge in [-0.15, -0.1) is 0 Å². The van der Waals surface area contributed by atoms with E-state index < -0.39 is 12.0 Å². The molecule has 0 amide bonds. The Kier molecular flexibility index (Phi) is 4.88. The lowest BCUT2D eigenvalue weighted by Crippen LogP contribution is -2.44. The molecule has 112 valence electrons. The molecule has 1 aromatic carbocycles. The van der Waals surface area contributed by atoms with Gasteiger partial charge in [-0.1, -0.05) is 0 Å². The highest BCUT2D eigenvalue weighted by molar-refractivity contribution is 5.22. The first-order valence-corrected chi connectivity index (χ1v) is 6.61. The van der Waals surface area contributed by atoms with Crippen LogP contribution >= 0.6 is 0 Å². The molecule has 2 rings (SSSR count). The molecule has 0 aliphatic carbocycles. The lowest BCUT2D eigenvalue weighted by Gasteiger charge is -2.32. The van der Waals surface area contributed by atoms with Gasteiger partial charge < -0.3 is 14.7 Å². The van der Waals surface area contributed by atoms with Crippen LogP contribution in [0.5, 0.6) is 5.75 Å². The highest BCUT2D eigenvalue weighted by atomic mass is 19.3. The second-order valence-corrected chi connectivity index (χ2v) is 5.08. The molecular weight excluding hydrogens is 271 g/mol. The number of halogens is 3. The number of nitrogens with zero attached hydrogens (tertiary/aromatic N) is 1. The smallest absolute Gasteiger partial charge is 0.250 e. The van der Waals surface area contributed by atoms with Crippen LogP contribution in [0.3, 0.4) is 0 Å². The Hall–Kier alpha value is -1.27. The maximum absolute atomic E-state index is 13.0. The van der Waals surface area contributed by atoms with Crippen LogP contribution in [0.1, 0.15) is 12.8 Å². The molecule has 1 unspecified atom stereocenters. The van der Waals surface area contributed by atoms with Crippen molar-refractivity contribution in [3.63, 3.8) is 0 Å². The molecule has 0 radical (unpaired) electrons. The molecule has 1 fully saturated rings. The number of rotatable bonds is 5. The van der Waals surface area contributed by atoms with Gasteiger partial charge in [-0.25, -0.2) is 13.2 Å². The zero-order chi connectivity index (χ0) is 14.6. The molecule has 0 spiro atoms. The molecule has 0 aromatic heterocycles. The summed E-state index contributed by atoms with van der Waals surface area (Å²) in [5.74, 6) is -2.46. The number of hydrogen-bond acceptors (Lipinski definition) is 3. The number of piperidine rings is 1. The monoisotopic (exact) mass is 289 g/mol. The highest BCUT2D eigenvalue weighted by Gasteiger charge is 2.34. The molecule has 1 aliphatic rings. The van der Waals surface area contributed by atoms with Crippen molar-refractivity contribution < 1.29 is 23.0 Å². The topological polar surface area (TPSA) is 32.7 Å². The van der Waals surface area contributed by atoms with Gasteiger partial charge in [0.05, 0.1) is 0 Å². The van der Waals surface area contributed by atoms with Gasteiger partial charge in [0.15, 0.2) is 0 Å². The van der Waals surface area contributed by atoms with E-state index >= 15 is 0 Å². The second-order valence-electron chi connectivity index (χ2n) is 5.08. The number of benzene rings is 1. The first kappa shape index (κ1) is 15.1. The molecule has 20 heavy (non-hydrogen) atoms. The summed E-state index contributed by atoms with van der Waals surface area (Å²) in [6.45, 7) is 0.914. The predicted molar refractivity (Wildman–Crippen MR) is 68.5 cm³/mol. The SMILES string of the molecule is OC(COc1ccc(F)cc1)CN1CCC(F)(F)CC1. The summed E-state index contributed by atoms with van der Waals surface area (Å²) < 4.78 is 43.9. The lowest BCUT2D eigenvalue weighted by molar-refractivity contribution is -0.0628. The maximum atomic E-state index is 13.0. The molecule has 1 atom stereocenters. The summed E-state index contributed by atoms with van der Waals surface area (Å²) in [6.07, 6.45) is -1.09. The van der Waals surface area contributed by atoms with Crippen molar-refractivity contribution in [1.29, 1.82) is 0 Å². The third-order valence-electron chi connectivity index (χ3n) is 3.31. The van der Waals surface area contributed by atoms with Crippen LogP contribution in [-0.4, -0.2) is 48.3 Å². The van der Waals surface area contributed by atoms with Gasteiger partial charge >= 0.3 is 0 Å². The van der Waals surface area contributed by atoms with Crippen molar-refractivity contribution in [2.24, 2.45) is 0 Å². The molecule has 1 heterocycles. The number of aliphatic hydroxyl groups is 1.